The van der Waals surface area contributed by atoms with Gasteiger partial charge in [-0.05, 0) is 12.1 Å². The molecule has 0 aliphatic rings. The van der Waals surface area contributed by atoms with Gasteiger partial charge in [-0.3, -0.25) is 10.1 Å². The molecular formula is C11H10N2O5. The van der Waals surface area contributed by atoms with Crippen molar-refractivity contribution < 1.29 is 18.8 Å². The predicted molar refractivity (Wildman–Crippen MR) is 61.1 cm³/mol. The van der Waals surface area contributed by atoms with E-state index in [9.17, 15) is 10.1 Å². The first-order valence-corrected chi connectivity index (χ1v) is 5.01. The molecule has 0 unspecified atom stereocenters. The molecule has 0 fully saturated rings. The van der Waals surface area contributed by atoms with Crippen LogP contribution in [0.4, 0.5) is 5.69 Å². The van der Waals surface area contributed by atoms with Crippen molar-refractivity contribution in [1.29, 1.82) is 0 Å². The minimum Gasteiger partial charge on any atom is -0.460 e. The Bertz CT molecular complexity index is 538. The Morgan fingerprint density at radius 1 is 1.50 bits per heavy atom. The highest BCUT2D eigenvalue weighted by molar-refractivity contribution is 5.64. The van der Waals surface area contributed by atoms with Gasteiger partial charge in [0.1, 0.15) is 0 Å². The largest absolute Gasteiger partial charge is 0.460 e. The first-order chi connectivity index (χ1) is 8.72. The molecule has 0 N–H and O–H groups in total. The van der Waals surface area contributed by atoms with Crippen molar-refractivity contribution in [2.45, 2.75) is 0 Å². The van der Waals surface area contributed by atoms with Crippen molar-refractivity contribution >= 4 is 5.69 Å². The summed E-state index contributed by atoms with van der Waals surface area (Å²) >= 11 is 0. The van der Waals surface area contributed by atoms with E-state index in [1.807, 2.05) is 0 Å². The number of benzene rings is 1. The molecule has 0 aliphatic carbocycles. The van der Waals surface area contributed by atoms with Gasteiger partial charge in [-0.2, -0.15) is 0 Å². The number of oxazole rings is 1. The standard InChI is InChI=1S/C11H10N2O5/c1-16-7-18-10-3-2-8(4-9(10)13(14)15)11-5-12-6-17-11/h2-6H,7H2,1H3. The number of ether oxygens (including phenoxy) is 2. The van der Waals surface area contributed by atoms with Crippen LogP contribution in [0.2, 0.25) is 0 Å². The monoisotopic (exact) mass is 250 g/mol. The topological polar surface area (TPSA) is 87.6 Å². The van der Waals surface area contributed by atoms with Gasteiger partial charge in [0, 0.05) is 18.7 Å². The van der Waals surface area contributed by atoms with Crippen molar-refractivity contribution in [3.8, 4) is 17.1 Å². The highest BCUT2D eigenvalue weighted by Gasteiger charge is 2.17. The summed E-state index contributed by atoms with van der Waals surface area (Å²) in [6, 6.07) is 4.51. The lowest BCUT2D eigenvalue weighted by atomic mass is 10.1. The molecule has 7 nitrogen and oxygen atoms in total. The van der Waals surface area contributed by atoms with Gasteiger partial charge in [0.2, 0.25) is 0 Å². The third-order valence-electron chi connectivity index (χ3n) is 2.20. The zero-order valence-corrected chi connectivity index (χ0v) is 9.53. The van der Waals surface area contributed by atoms with Crippen LogP contribution >= 0.6 is 0 Å². The SMILES string of the molecule is COCOc1ccc(-c2cnco2)cc1[N+](=O)[O-]. The molecule has 2 rings (SSSR count). The third-order valence-corrected chi connectivity index (χ3v) is 2.20. The molecule has 1 heterocycles. The average molecular weight is 250 g/mol. The molecule has 1 aromatic carbocycles. The lowest BCUT2D eigenvalue weighted by Gasteiger charge is -2.06. The highest BCUT2D eigenvalue weighted by atomic mass is 16.7. The van der Waals surface area contributed by atoms with Gasteiger partial charge in [-0.25, -0.2) is 4.98 Å². The number of hydrogen-bond donors (Lipinski definition) is 0. The van der Waals surface area contributed by atoms with Crippen LogP contribution in [0.3, 0.4) is 0 Å². The van der Waals surface area contributed by atoms with Gasteiger partial charge >= 0.3 is 5.69 Å². The van der Waals surface area contributed by atoms with Crippen LogP contribution in [0, 0.1) is 10.1 Å². The number of hydrogen-bond acceptors (Lipinski definition) is 6. The van der Waals surface area contributed by atoms with E-state index in [1.54, 1.807) is 6.07 Å². The normalized spacial score (nSPS) is 10.3. The minimum absolute atomic E-state index is 0.0531. The molecule has 0 amide bonds. The summed E-state index contributed by atoms with van der Waals surface area (Å²) in [6.07, 6.45) is 2.74. The van der Waals surface area contributed by atoms with Crippen LogP contribution < -0.4 is 4.74 Å². The zero-order chi connectivity index (χ0) is 13.0. The van der Waals surface area contributed by atoms with Crippen molar-refractivity contribution in [3.63, 3.8) is 0 Å². The van der Waals surface area contributed by atoms with Gasteiger partial charge in [0.05, 0.1) is 11.1 Å². The fourth-order valence-electron chi connectivity index (χ4n) is 1.42. The summed E-state index contributed by atoms with van der Waals surface area (Å²) in [4.78, 5) is 14.2. The number of aromatic nitrogens is 1. The minimum atomic E-state index is -0.523. The molecule has 1 aromatic heterocycles. The number of nitro benzene ring substituents is 1. The molecule has 0 saturated heterocycles. The first-order valence-electron chi connectivity index (χ1n) is 5.01. The van der Waals surface area contributed by atoms with E-state index in [1.165, 1.54) is 31.8 Å². The molecule has 0 saturated carbocycles. The highest BCUT2D eigenvalue weighted by Crippen LogP contribution is 2.32. The Hall–Kier alpha value is -2.41. The van der Waals surface area contributed by atoms with Crippen molar-refractivity contribution in [1.82, 2.24) is 4.98 Å². The van der Waals surface area contributed by atoms with E-state index in [0.717, 1.165) is 0 Å². The maximum Gasteiger partial charge on any atom is 0.311 e. The second kappa shape index (κ2) is 5.28. The Morgan fingerprint density at radius 2 is 2.33 bits per heavy atom. The Balaban J connectivity index is 2.37. The van der Waals surface area contributed by atoms with E-state index in [4.69, 9.17) is 13.9 Å². The Morgan fingerprint density at radius 3 is 2.94 bits per heavy atom. The summed E-state index contributed by atoms with van der Waals surface area (Å²) in [5, 5.41) is 10.9. The number of rotatable bonds is 5. The maximum atomic E-state index is 10.9. The van der Waals surface area contributed by atoms with E-state index in [0.29, 0.717) is 11.3 Å². The molecule has 18 heavy (non-hydrogen) atoms. The van der Waals surface area contributed by atoms with Gasteiger partial charge < -0.3 is 13.9 Å². The molecule has 7 heteroatoms. The van der Waals surface area contributed by atoms with Crippen LogP contribution in [0.15, 0.2) is 35.2 Å². The first kappa shape index (κ1) is 12.1. The number of nitrogens with zero attached hydrogens (tertiary/aromatic N) is 2. The van der Waals surface area contributed by atoms with Crippen LogP contribution in [-0.4, -0.2) is 23.8 Å². The van der Waals surface area contributed by atoms with Gasteiger partial charge in [-0.15, -0.1) is 0 Å². The van der Waals surface area contributed by atoms with Crippen LogP contribution in [0.1, 0.15) is 0 Å². The van der Waals surface area contributed by atoms with E-state index < -0.39 is 4.92 Å². The number of nitro groups is 1. The van der Waals surface area contributed by atoms with E-state index in [2.05, 4.69) is 4.98 Å². The lowest BCUT2D eigenvalue weighted by Crippen LogP contribution is -2.01. The summed E-state index contributed by atoms with van der Waals surface area (Å²) < 4.78 is 14.9. The third kappa shape index (κ3) is 2.46. The fraction of sp³-hybridized carbons (Fsp3) is 0.182. The second-order valence-electron chi connectivity index (χ2n) is 3.36. The molecule has 2 aromatic rings. The second-order valence-corrected chi connectivity index (χ2v) is 3.36. The van der Waals surface area contributed by atoms with Crippen molar-refractivity contribution in [2.24, 2.45) is 0 Å². The summed E-state index contributed by atoms with van der Waals surface area (Å²) in [7, 11) is 1.44. The average Bonchev–Trinajstić information content (AvgIpc) is 2.90. The Labute approximate surface area is 102 Å². The van der Waals surface area contributed by atoms with E-state index in [-0.39, 0.29) is 18.2 Å². The fourth-order valence-corrected chi connectivity index (χ4v) is 1.42. The van der Waals surface area contributed by atoms with Gasteiger partial charge in [-0.1, -0.05) is 0 Å². The summed E-state index contributed by atoms with van der Waals surface area (Å²) in [5.41, 5.74) is 0.407. The van der Waals surface area contributed by atoms with E-state index >= 15 is 0 Å². The maximum absolute atomic E-state index is 10.9. The molecule has 0 atom stereocenters. The van der Waals surface area contributed by atoms with Crippen LogP contribution in [-0.2, 0) is 4.74 Å². The molecule has 0 aliphatic heterocycles. The summed E-state index contributed by atoms with van der Waals surface area (Å²) in [6.45, 7) is -0.0531. The lowest BCUT2D eigenvalue weighted by molar-refractivity contribution is -0.386. The Kier molecular flexibility index (Phi) is 3.54. The van der Waals surface area contributed by atoms with Crippen molar-refractivity contribution in [2.75, 3.05) is 13.9 Å². The predicted octanol–water partition coefficient (Wildman–Crippen LogP) is 2.23. The molecule has 0 spiro atoms. The van der Waals surface area contributed by atoms with Gasteiger partial charge in [0.15, 0.2) is 24.7 Å². The van der Waals surface area contributed by atoms with Crippen LogP contribution in [0.5, 0.6) is 5.75 Å². The smallest absolute Gasteiger partial charge is 0.311 e. The quantitative estimate of drug-likeness (QED) is 0.459. The number of methoxy groups -OCH3 is 1. The molecule has 0 radical (unpaired) electrons. The van der Waals surface area contributed by atoms with Crippen molar-refractivity contribution in [3.05, 3.63) is 40.9 Å². The zero-order valence-electron chi connectivity index (χ0n) is 9.53. The molecule has 94 valence electrons. The van der Waals surface area contributed by atoms with Crippen LogP contribution in [0.25, 0.3) is 11.3 Å². The summed E-state index contributed by atoms with van der Waals surface area (Å²) in [5.74, 6) is 0.599. The molecule has 0 bridgehead atoms. The van der Waals surface area contributed by atoms with Gasteiger partial charge in [0.25, 0.3) is 0 Å². The molecular weight excluding hydrogens is 240 g/mol.